The van der Waals surface area contributed by atoms with Crippen LogP contribution < -0.4 is 4.90 Å². The number of fused-ring (bicyclic) bond motifs is 1. The Balaban J connectivity index is 1.54. The van der Waals surface area contributed by atoms with E-state index < -0.39 is 0 Å². The normalized spacial score (nSPS) is 23.2. The van der Waals surface area contributed by atoms with E-state index >= 15 is 0 Å². The number of hydrogen-bond acceptors (Lipinski definition) is 4. The van der Waals surface area contributed by atoms with Gasteiger partial charge in [-0.3, -0.25) is 9.79 Å². The van der Waals surface area contributed by atoms with Crippen LogP contribution in [0.25, 0.3) is 0 Å². The van der Waals surface area contributed by atoms with Crippen LogP contribution in [0.4, 0.5) is 5.69 Å². The van der Waals surface area contributed by atoms with Crippen molar-refractivity contribution in [3.63, 3.8) is 0 Å². The molecule has 0 radical (unpaired) electrons. The average Bonchev–Trinajstić information content (AvgIpc) is 2.88. The number of ether oxygens (including phenoxy) is 1. The van der Waals surface area contributed by atoms with E-state index in [1.807, 2.05) is 6.21 Å². The Labute approximate surface area is 124 Å². The number of esters is 1. The van der Waals surface area contributed by atoms with Gasteiger partial charge in [0, 0.05) is 50.8 Å². The van der Waals surface area contributed by atoms with Gasteiger partial charge in [0.25, 0.3) is 0 Å². The third-order valence-electron chi connectivity index (χ3n) is 5.04. The van der Waals surface area contributed by atoms with Gasteiger partial charge in [0.2, 0.25) is 0 Å². The number of rotatable bonds is 1. The van der Waals surface area contributed by atoms with Gasteiger partial charge in [-0.1, -0.05) is 12.1 Å². The summed E-state index contributed by atoms with van der Waals surface area (Å²) >= 11 is 0. The van der Waals surface area contributed by atoms with E-state index in [-0.39, 0.29) is 11.6 Å². The number of aliphatic imine (C=N–C) groups is 1. The van der Waals surface area contributed by atoms with Gasteiger partial charge in [-0.2, -0.15) is 0 Å². The van der Waals surface area contributed by atoms with Crippen molar-refractivity contribution in [1.82, 2.24) is 0 Å². The Morgan fingerprint density at radius 2 is 2.00 bits per heavy atom. The third-order valence-corrected chi connectivity index (χ3v) is 5.04. The van der Waals surface area contributed by atoms with Gasteiger partial charge in [0.1, 0.15) is 5.60 Å². The lowest BCUT2D eigenvalue weighted by Gasteiger charge is -2.40. The van der Waals surface area contributed by atoms with Crippen LogP contribution in [0, 0.1) is 0 Å². The lowest BCUT2D eigenvalue weighted by molar-refractivity contribution is -0.149. The maximum Gasteiger partial charge on any atom is 0.306 e. The molecule has 1 aromatic carbocycles. The first kappa shape index (κ1) is 12.9. The van der Waals surface area contributed by atoms with Crippen molar-refractivity contribution in [3.05, 3.63) is 29.3 Å². The minimum Gasteiger partial charge on any atom is -0.459 e. The Morgan fingerprint density at radius 1 is 1.14 bits per heavy atom. The molecule has 0 amide bonds. The van der Waals surface area contributed by atoms with Crippen LogP contribution in [0.2, 0.25) is 0 Å². The summed E-state index contributed by atoms with van der Waals surface area (Å²) in [5, 5.41) is 0. The summed E-state index contributed by atoms with van der Waals surface area (Å²) in [6, 6.07) is 6.48. The fourth-order valence-corrected chi connectivity index (χ4v) is 3.80. The first-order chi connectivity index (χ1) is 10.3. The van der Waals surface area contributed by atoms with Crippen molar-refractivity contribution in [2.75, 3.05) is 24.5 Å². The zero-order chi connectivity index (χ0) is 14.3. The van der Waals surface area contributed by atoms with Crippen molar-refractivity contribution in [1.29, 1.82) is 0 Å². The highest BCUT2D eigenvalue weighted by Gasteiger charge is 2.42. The van der Waals surface area contributed by atoms with Gasteiger partial charge in [-0.15, -0.1) is 0 Å². The van der Waals surface area contributed by atoms with Crippen molar-refractivity contribution < 1.29 is 9.53 Å². The minimum atomic E-state index is -0.163. The first-order valence-electron chi connectivity index (χ1n) is 7.84. The van der Waals surface area contributed by atoms with Crippen molar-refractivity contribution in [3.8, 4) is 0 Å². The highest BCUT2D eigenvalue weighted by molar-refractivity contribution is 5.86. The highest BCUT2D eigenvalue weighted by atomic mass is 16.6. The van der Waals surface area contributed by atoms with E-state index in [0.717, 1.165) is 45.3 Å². The molecule has 0 unspecified atom stereocenters. The highest BCUT2D eigenvalue weighted by Crippen LogP contribution is 2.38. The van der Waals surface area contributed by atoms with Gasteiger partial charge in [-0.25, -0.2) is 0 Å². The Bertz CT molecular complexity index is 601. The molecule has 21 heavy (non-hydrogen) atoms. The molecule has 4 heteroatoms. The van der Waals surface area contributed by atoms with E-state index in [0.29, 0.717) is 6.42 Å². The molecule has 0 saturated carbocycles. The molecule has 4 nitrogen and oxygen atoms in total. The molecule has 3 heterocycles. The molecule has 110 valence electrons. The monoisotopic (exact) mass is 284 g/mol. The van der Waals surface area contributed by atoms with Crippen LogP contribution in [0.1, 0.15) is 36.8 Å². The SMILES string of the molecule is O=C1CCC2(CCN(c3cccc4c3CCN=C4)CC2)O1. The summed E-state index contributed by atoms with van der Waals surface area (Å²) in [7, 11) is 0. The molecule has 3 aliphatic heterocycles. The molecule has 4 rings (SSSR count). The lowest BCUT2D eigenvalue weighted by Crippen LogP contribution is -2.44. The smallest absolute Gasteiger partial charge is 0.306 e. The standard InChI is InChI=1S/C17H20N2O2/c20-16-4-6-17(21-16)7-10-19(11-8-17)15-3-1-2-13-12-18-9-5-14(13)15/h1-3,12H,4-11H2. The number of anilines is 1. The lowest BCUT2D eigenvalue weighted by atomic mass is 9.88. The molecule has 0 N–H and O–H groups in total. The minimum absolute atomic E-state index is 0.0169. The van der Waals surface area contributed by atoms with E-state index in [1.165, 1.54) is 16.8 Å². The first-order valence-corrected chi connectivity index (χ1v) is 7.84. The fraction of sp³-hybridized carbons (Fsp3) is 0.529. The zero-order valence-electron chi connectivity index (χ0n) is 12.2. The van der Waals surface area contributed by atoms with Crippen LogP contribution in [0.3, 0.4) is 0 Å². The third kappa shape index (κ3) is 2.23. The van der Waals surface area contributed by atoms with Crippen LogP contribution in [0.15, 0.2) is 23.2 Å². The number of benzene rings is 1. The topological polar surface area (TPSA) is 41.9 Å². The number of carbonyl (C=O) groups is 1. The summed E-state index contributed by atoms with van der Waals surface area (Å²) in [5.41, 5.74) is 3.86. The van der Waals surface area contributed by atoms with E-state index in [2.05, 4.69) is 28.1 Å². The second-order valence-electron chi connectivity index (χ2n) is 6.27. The number of hydrogen-bond donors (Lipinski definition) is 0. The van der Waals surface area contributed by atoms with E-state index in [4.69, 9.17) is 4.74 Å². The van der Waals surface area contributed by atoms with E-state index in [1.54, 1.807) is 0 Å². The number of piperidine rings is 1. The van der Waals surface area contributed by atoms with Crippen LogP contribution >= 0.6 is 0 Å². The Morgan fingerprint density at radius 3 is 2.76 bits per heavy atom. The summed E-state index contributed by atoms with van der Waals surface area (Å²) in [6.45, 7) is 2.83. The molecule has 1 aromatic rings. The van der Waals surface area contributed by atoms with Gasteiger partial charge in [-0.05, 0) is 30.0 Å². The van der Waals surface area contributed by atoms with Gasteiger partial charge in [0.05, 0.1) is 0 Å². The molecular weight excluding hydrogens is 264 g/mol. The summed E-state index contributed by atoms with van der Waals surface area (Å²) in [5.74, 6) is -0.0169. The maximum atomic E-state index is 11.4. The molecule has 1 spiro atoms. The molecule has 3 aliphatic rings. The zero-order valence-corrected chi connectivity index (χ0v) is 12.2. The summed E-state index contributed by atoms with van der Waals surface area (Å²) < 4.78 is 5.60. The Kier molecular flexibility index (Phi) is 2.98. The average molecular weight is 284 g/mol. The predicted octanol–water partition coefficient (Wildman–Crippen LogP) is 2.34. The quantitative estimate of drug-likeness (QED) is 0.743. The summed E-state index contributed by atoms with van der Waals surface area (Å²) in [6.07, 6.45) is 6.43. The van der Waals surface area contributed by atoms with Gasteiger partial charge in [0.15, 0.2) is 0 Å². The van der Waals surface area contributed by atoms with E-state index in [9.17, 15) is 4.79 Å². The number of nitrogens with zero attached hydrogens (tertiary/aromatic N) is 2. The second kappa shape index (κ2) is 4.86. The molecule has 0 atom stereocenters. The molecule has 0 bridgehead atoms. The molecular formula is C17H20N2O2. The van der Waals surface area contributed by atoms with Gasteiger partial charge >= 0.3 is 5.97 Å². The Hall–Kier alpha value is -1.84. The number of carbonyl (C=O) groups excluding carboxylic acids is 1. The van der Waals surface area contributed by atoms with Crippen LogP contribution in [0.5, 0.6) is 0 Å². The van der Waals surface area contributed by atoms with Crippen LogP contribution in [-0.4, -0.2) is 37.4 Å². The molecule has 2 fully saturated rings. The van der Waals surface area contributed by atoms with Crippen LogP contribution in [-0.2, 0) is 16.0 Å². The maximum absolute atomic E-state index is 11.4. The molecule has 0 aliphatic carbocycles. The predicted molar refractivity (Wildman–Crippen MR) is 82.1 cm³/mol. The molecule has 0 aromatic heterocycles. The van der Waals surface area contributed by atoms with Crippen molar-refractivity contribution in [2.45, 2.75) is 37.7 Å². The summed E-state index contributed by atoms with van der Waals surface area (Å²) in [4.78, 5) is 18.2. The second-order valence-corrected chi connectivity index (χ2v) is 6.27. The van der Waals surface area contributed by atoms with Gasteiger partial charge < -0.3 is 9.64 Å². The van der Waals surface area contributed by atoms with Crippen molar-refractivity contribution >= 4 is 17.9 Å². The fourth-order valence-electron chi connectivity index (χ4n) is 3.80. The largest absolute Gasteiger partial charge is 0.459 e. The van der Waals surface area contributed by atoms with Crippen molar-refractivity contribution in [2.24, 2.45) is 4.99 Å². The molecule has 2 saturated heterocycles.